The third-order valence-electron chi connectivity index (χ3n) is 1.84. The third-order valence-corrected chi connectivity index (χ3v) is 2.47. The maximum atomic E-state index is 4.21. The second-order valence-electron chi connectivity index (χ2n) is 2.87. The molecule has 1 N–H and O–H groups in total. The maximum Gasteiger partial charge on any atom is 0.125 e. The summed E-state index contributed by atoms with van der Waals surface area (Å²) in [5, 5.41) is 5.31. The largest absolute Gasteiger partial charge is 0.370 e. The van der Waals surface area contributed by atoms with Crippen LogP contribution in [0.1, 0.15) is 5.69 Å². The zero-order chi connectivity index (χ0) is 9.64. The van der Waals surface area contributed by atoms with E-state index in [4.69, 9.17) is 0 Å². The molecular weight excluding hydrogens is 194 g/mol. The summed E-state index contributed by atoms with van der Waals surface area (Å²) in [4.78, 5) is 8.37. The predicted octanol–water partition coefficient (Wildman–Crippen LogP) is 2.19. The Labute approximate surface area is 86.8 Å². The lowest BCUT2D eigenvalue weighted by atomic mass is 10.3. The Balaban J connectivity index is 1.79. The second-order valence-corrected chi connectivity index (χ2v) is 3.59. The molecule has 4 heteroatoms. The highest BCUT2D eigenvalue weighted by Gasteiger charge is 1.94. The van der Waals surface area contributed by atoms with Gasteiger partial charge in [0.25, 0.3) is 0 Å². The van der Waals surface area contributed by atoms with E-state index in [1.807, 2.05) is 23.7 Å². The van der Waals surface area contributed by atoms with Crippen LogP contribution in [0.4, 0.5) is 5.82 Å². The number of hydrogen-bond acceptors (Lipinski definition) is 4. The van der Waals surface area contributed by atoms with Crippen molar-refractivity contribution in [3.8, 4) is 0 Å². The SMILES string of the molecule is c1ccc(NCCc2cscn2)nc1. The first-order valence-corrected chi connectivity index (χ1v) is 5.41. The monoisotopic (exact) mass is 205 g/mol. The Bertz CT molecular complexity index is 358. The van der Waals surface area contributed by atoms with Crippen LogP contribution < -0.4 is 5.32 Å². The minimum atomic E-state index is 0.876. The third kappa shape index (κ3) is 2.53. The van der Waals surface area contributed by atoms with Crippen molar-refractivity contribution in [3.63, 3.8) is 0 Å². The molecule has 0 unspecified atom stereocenters. The van der Waals surface area contributed by atoms with Crippen LogP contribution in [0.15, 0.2) is 35.3 Å². The molecule has 2 aromatic rings. The van der Waals surface area contributed by atoms with E-state index in [2.05, 4.69) is 20.7 Å². The molecule has 3 nitrogen and oxygen atoms in total. The lowest BCUT2D eigenvalue weighted by Crippen LogP contribution is -2.05. The van der Waals surface area contributed by atoms with Crippen LogP contribution in [-0.4, -0.2) is 16.5 Å². The normalized spacial score (nSPS) is 10.0. The zero-order valence-electron chi connectivity index (χ0n) is 7.68. The highest BCUT2D eigenvalue weighted by Crippen LogP contribution is 2.03. The van der Waals surface area contributed by atoms with E-state index in [-0.39, 0.29) is 0 Å². The number of anilines is 1. The molecule has 2 aromatic heterocycles. The van der Waals surface area contributed by atoms with Gasteiger partial charge in [-0.25, -0.2) is 9.97 Å². The fourth-order valence-corrected chi connectivity index (χ4v) is 1.74. The Morgan fingerprint density at radius 2 is 2.29 bits per heavy atom. The van der Waals surface area contributed by atoms with Crippen molar-refractivity contribution in [3.05, 3.63) is 41.0 Å². The average molecular weight is 205 g/mol. The van der Waals surface area contributed by atoms with E-state index < -0.39 is 0 Å². The van der Waals surface area contributed by atoms with Crippen LogP contribution in [0.25, 0.3) is 0 Å². The summed E-state index contributed by atoms with van der Waals surface area (Å²) < 4.78 is 0. The maximum absolute atomic E-state index is 4.21. The number of thiazole rings is 1. The molecule has 0 aliphatic heterocycles. The summed E-state index contributed by atoms with van der Waals surface area (Å²) in [6.45, 7) is 0.876. The molecule has 2 heterocycles. The Morgan fingerprint density at radius 3 is 3.00 bits per heavy atom. The molecule has 0 aliphatic carbocycles. The molecule has 0 saturated carbocycles. The van der Waals surface area contributed by atoms with E-state index in [0.717, 1.165) is 24.5 Å². The smallest absolute Gasteiger partial charge is 0.125 e. The number of pyridine rings is 1. The molecule has 0 radical (unpaired) electrons. The summed E-state index contributed by atoms with van der Waals surface area (Å²) in [7, 11) is 0. The van der Waals surface area contributed by atoms with Gasteiger partial charge < -0.3 is 5.32 Å². The molecule has 72 valence electrons. The predicted molar refractivity (Wildman–Crippen MR) is 58.5 cm³/mol. The van der Waals surface area contributed by atoms with Gasteiger partial charge in [0, 0.05) is 24.5 Å². The Kier molecular flexibility index (Phi) is 3.08. The van der Waals surface area contributed by atoms with Gasteiger partial charge in [-0.05, 0) is 12.1 Å². The van der Waals surface area contributed by atoms with Crippen LogP contribution in [0.5, 0.6) is 0 Å². The topological polar surface area (TPSA) is 37.8 Å². The van der Waals surface area contributed by atoms with Gasteiger partial charge in [-0.3, -0.25) is 0 Å². The molecule has 0 bridgehead atoms. The van der Waals surface area contributed by atoms with Crippen molar-refractivity contribution in [2.45, 2.75) is 6.42 Å². The second kappa shape index (κ2) is 4.72. The van der Waals surface area contributed by atoms with Crippen LogP contribution in [0.2, 0.25) is 0 Å². The van der Waals surface area contributed by atoms with Gasteiger partial charge in [0.15, 0.2) is 0 Å². The first-order chi connectivity index (χ1) is 6.95. The highest BCUT2D eigenvalue weighted by molar-refractivity contribution is 7.07. The van der Waals surface area contributed by atoms with Gasteiger partial charge >= 0.3 is 0 Å². The van der Waals surface area contributed by atoms with Gasteiger partial charge in [-0.15, -0.1) is 11.3 Å². The lowest BCUT2D eigenvalue weighted by Gasteiger charge is -2.02. The van der Waals surface area contributed by atoms with Crippen LogP contribution in [-0.2, 0) is 6.42 Å². The van der Waals surface area contributed by atoms with Gasteiger partial charge in [0.2, 0.25) is 0 Å². The van der Waals surface area contributed by atoms with E-state index in [0.29, 0.717) is 0 Å². The molecule has 2 rings (SSSR count). The van der Waals surface area contributed by atoms with E-state index in [1.165, 1.54) is 0 Å². The van der Waals surface area contributed by atoms with E-state index in [9.17, 15) is 0 Å². The first kappa shape index (κ1) is 9.15. The number of aromatic nitrogens is 2. The van der Waals surface area contributed by atoms with Crippen molar-refractivity contribution in [1.82, 2.24) is 9.97 Å². The van der Waals surface area contributed by atoms with Gasteiger partial charge in [-0.2, -0.15) is 0 Å². The van der Waals surface area contributed by atoms with Crippen molar-refractivity contribution in [2.24, 2.45) is 0 Å². The molecule has 0 aromatic carbocycles. The van der Waals surface area contributed by atoms with Gasteiger partial charge in [0.1, 0.15) is 5.82 Å². The molecule has 0 atom stereocenters. The summed E-state index contributed by atoms with van der Waals surface area (Å²) in [6.07, 6.45) is 2.73. The molecule has 0 spiro atoms. The molecule has 0 amide bonds. The minimum absolute atomic E-state index is 0.876. The minimum Gasteiger partial charge on any atom is -0.370 e. The van der Waals surface area contributed by atoms with Crippen molar-refractivity contribution >= 4 is 17.2 Å². The number of hydrogen-bond donors (Lipinski definition) is 1. The standard InChI is InChI=1S/C10H11N3S/c1-2-5-11-10(3-1)12-6-4-9-7-14-8-13-9/h1-3,5,7-8H,4,6H2,(H,11,12). The van der Waals surface area contributed by atoms with Crippen LogP contribution >= 0.6 is 11.3 Å². The molecular formula is C10H11N3S. The summed E-state index contributed by atoms with van der Waals surface area (Å²) in [5.74, 6) is 0.919. The molecule has 0 fully saturated rings. The van der Waals surface area contributed by atoms with E-state index in [1.54, 1.807) is 17.5 Å². The number of nitrogens with zero attached hydrogens (tertiary/aromatic N) is 2. The molecule has 14 heavy (non-hydrogen) atoms. The summed E-state index contributed by atoms with van der Waals surface area (Å²) in [5.41, 5.74) is 2.99. The Morgan fingerprint density at radius 1 is 1.29 bits per heavy atom. The highest BCUT2D eigenvalue weighted by atomic mass is 32.1. The summed E-state index contributed by atoms with van der Waals surface area (Å²) in [6, 6.07) is 5.84. The van der Waals surface area contributed by atoms with Crippen LogP contribution in [0, 0.1) is 0 Å². The van der Waals surface area contributed by atoms with Crippen molar-refractivity contribution in [1.29, 1.82) is 0 Å². The first-order valence-electron chi connectivity index (χ1n) is 4.47. The summed E-state index contributed by atoms with van der Waals surface area (Å²) >= 11 is 1.63. The fraction of sp³-hybridized carbons (Fsp3) is 0.200. The fourth-order valence-electron chi connectivity index (χ4n) is 1.15. The average Bonchev–Trinajstić information content (AvgIpc) is 2.72. The molecule has 0 aliphatic rings. The molecule has 0 saturated heterocycles. The lowest BCUT2D eigenvalue weighted by molar-refractivity contribution is 0.968. The quantitative estimate of drug-likeness (QED) is 0.831. The zero-order valence-corrected chi connectivity index (χ0v) is 8.50. The van der Waals surface area contributed by atoms with Gasteiger partial charge in [0.05, 0.1) is 11.2 Å². The van der Waals surface area contributed by atoms with Crippen molar-refractivity contribution < 1.29 is 0 Å². The van der Waals surface area contributed by atoms with E-state index >= 15 is 0 Å². The number of nitrogens with one attached hydrogen (secondary N) is 1. The van der Waals surface area contributed by atoms with Crippen LogP contribution in [0.3, 0.4) is 0 Å². The van der Waals surface area contributed by atoms with Gasteiger partial charge in [-0.1, -0.05) is 6.07 Å². The van der Waals surface area contributed by atoms with Crippen molar-refractivity contribution in [2.75, 3.05) is 11.9 Å². The Hall–Kier alpha value is -1.42. The number of rotatable bonds is 4.